The van der Waals surface area contributed by atoms with Gasteiger partial charge in [0, 0.05) is 33.0 Å². The Morgan fingerprint density at radius 2 is 1.08 bits per heavy atom. The molecule has 0 atom stereocenters. The number of thiazole rings is 1. The zero-order chi connectivity index (χ0) is 34.2. The number of furan rings is 1. The average Bonchev–Trinajstić information content (AvgIpc) is 3.82. The maximum Gasteiger partial charge on any atom is 0.164 e. The third kappa shape index (κ3) is 4.62. The number of hydrogen-bond acceptors (Lipinski definition) is 6. The van der Waals surface area contributed by atoms with Crippen LogP contribution in [0.5, 0.6) is 0 Å². The first kappa shape index (κ1) is 29.0. The molecule has 0 fully saturated rings. The molecule has 0 aliphatic heterocycles. The van der Waals surface area contributed by atoms with E-state index in [9.17, 15) is 0 Å². The van der Waals surface area contributed by atoms with Gasteiger partial charge in [-0.25, -0.2) is 19.9 Å². The molecule has 0 N–H and O–H groups in total. The van der Waals surface area contributed by atoms with E-state index in [4.69, 9.17) is 24.4 Å². The molecule has 0 saturated carbocycles. The van der Waals surface area contributed by atoms with E-state index < -0.39 is 0 Å². The number of benzene rings is 8. The second-order valence-electron chi connectivity index (χ2n) is 13.0. The lowest BCUT2D eigenvalue weighted by Crippen LogP contribution is -2.00. The van der Waals surface area contributed by atoms with Gasteiger partial charge in [-0.15, -0.1) is 11.3 Å². The van der Waals surface area contributed by atoms with Gasteiger partial charge >= 0.3 is 0 Å². The van der Waals surface area contributed by atoms with Crippen LogP contribution >= 0.6 is 11.3 Å². The lowest BCUT2D eigenvalue weighted by molar-refractivity contribution is 0.672. The lowest BCUT2D eigenvalue weighted by Gasteiger charge is -2.11. The molecule has 11 rings (SSSR count). The van der Waals surface area contributed by atoms with Crippen LogP contribution in [-0.2, 0) is 0 Å². The largest absolute Gasteiger partial charge is 0.454 e. The van der Waals surface area contributed by atoms with E-state index >= 15 is 0 Å². The molecule has 8 aromatic carbocycles. The molecule has 5 nitrogen and oxygen atoms in total. The van der Waals surface area contributed by atoms with Gasteiger partial charge in [0.05, 0.1) is 4.70 Å². The van der Waals surface area contributed by atoms with Crippen molar-refractivity contribution in [3.8, 4) is 44.7 Å². The van der Waals surface area contributed by atoms with E-state index in [-0.39, 0.29) is 0 Å². The first-order valence-electron chi connectivity index (χ1n) is 17.2. The highest BCUT2D eigenvalue weighted by Gasteiger charge is 2.18. The van der Waals surface area contributed by atoms with E-state index in [1.807, 2.05) is 48.5 Å². The molecule has 0 amide bonds. The third-order valence-corrected chi connectivity index (χ3v) is 11.0. The quantitative estimate of drug-likeness (QED) is 0.173. The summed E-state index contributed by atoms with van der Waals surface area (Å²) in [4.78, 5) is 20.3. The van der Waals surface area contributed by atoms with Crippen LogP contribution in [0.15, 0.2) is 162 Å². The van der Waals surface area contributed by atoms with Gasteiger partial charge < -0.3 is 4.42 Å². The second-order valence-corrected chi connectivity index (χ2v) is 14.1. The average molecular weight is 683 g/mol. The van der Waals surface area contributed by atoms with Crippen LogP contribution in [0.3, 0.4) is 0 Å². The van der Waals surface area contributed by atoms with E-state index in [2.05, 4.69) is 109 Å². The van der Waals surface area contributed by atoms with E-state index in [0.717, 1.165) is 91.7 Å². The zero-order valence-corrected chi connectivity index (χ0v) is 28.4. The highest BCUT2D eigenvalue weighted by atomic mass is 32.1. The minimum absolute atomic E-state index is 0.630. The van der Waals surface area contributed by atoms with Crippen molar-refractivity contribution in [2.75, 3.05) is 0 Å². The minimum atomic E-state index is 0.630. The standard InChI is InChI=1S/C46H26N4OS/c1-3-11-29(12-4-1)43-48-44(50-45(49-43)35-17-9-15-27-10-7-8-16-33(27)35)32-21-19-28-18-20-31-25-39-38(26-37(31)36(28)24-32)34-22-23-40-41(42(34)51-39)47-46(52-40)30-13-5-2-6-14-30/h1-26H. The summed E-state index contributed by atoms with van der Waals surface area (Å²) in [6, 6.07) is 54.7. The number of hydrogen-bond donors (Lipinski definition) is 0. The minimum Gasteiger partial charge on any atom is -0.454 e. The van der Waals surface area contributed by atoms with Crippen molar-refractivity contribution in [2.45, 2.75) is 0 Å². The molecule has 0 radical (unpaired) electrons. The van der Waals surface area contributed by atoms with Gasteiger partial charge in [0.2, 0.25) is 0 Å². The Morgan fingerprint density at radius 1 is 0.404 bits per heavy atom. The van der Waals surface area contributed by atoms with E-state index in [1.165, 1.54) is 0 Å². The molecular formula is C46H26N4OS. The smallest absolute Gasteiger partial charge is 0.164 e. The van der Waals surface area contributed by atoms with Gasteiger partial charge in [0.1, 0.15) is 16.1 Å². The number of aromatic nitrogens is 4. The molecule has 6 heteroatoms. The Labute approximate surface area is 301 Å². The molecule has 242 valence electrons. The lowest BCUT2D eigenvalue weighted by atomic mass is 9.98. The summed E-state index contributed by atoms with van der Waals surface area (Å²) in [5, 5.41) is 9.89. The fourth-order valence-electron chi connectivity index (χ4n) is 7.38. The molecule has 0 unspecified atom stereocenters. The molecule has 0 spiro atoms. The molecule has 0 aliphatic carbocycles. The number of nitrogens with zero attached hydrogens (tertiary/aromatic N) is 4. The Hall–Kier alpha value is -6.76. The van der Waals surface area contributed by atoms with Crippen molar-refractivity contribution in [1.29, 1.82) is 0 Å². The van der Waals surface area contributed by atoms with Gasteiger partial charge in [-0.05, 0) is 62.6 Å². The Bertz CT molecular complexity index is 3180. The molecule has 0 aliphatic rings. The second kappa shape index (κ2) is 11.4. The maximum absolute atomic E-state index is 6.59. The highest BCUT2D eigenvalue weighted by molar-refractivity contribution is 7.21. The monoisotopic (exact) mass is 682 g/mol. The summed E-state index contributed by atoms with van der Waals surface area (Å²) >= 11 is 1.69. The van der Waals surface area contributed by atoms with Crippen LogP contribution in [0, 0.1) is 0 Å². The maximum atomic E-state index is 6.59. The van der Waals surface area contributed by atoms with Crippen LogP contribution in [0.25, 0.3) is 109 Å². The first-order chi connectivity index (χ1) is 25.7. The van der Waals surface area contributed by atoms with Crippen molar-refractivity contribution in [3.63, 3.8) is 0 Å². The van der Waals surface area contributed by atoms with Crippen molar-refractivity contribution < 1.29 is 4.42 Å². The van der Waals surface area contributed by atoms with Gasteiger partial charge in [-0.2, -0.15) is 0 Å². The van der Waals surface area contributed by atoms with E-state index in [0.29, 0.717) is 17.5 Å². The fraction of sp³-hybridized carbons (Fsp3) is 0. The molecular weight excluding hydrogens is 657 g/mol. The molecule has 11 aromatic rings. The fourth-order valence-corrected chi connectivity index (χ4v) is 8.35. The summed E-state index contributed by atoms with van der Waals surface area (Å²) < 4.78 is 7.70. The predicted molar refractivity (Wildman–Crippen MR) is 215 cm³/mol. The summed E-state index contributed by atoms with van der Waals surface area (Å²) in [6.45, 7) is 0. The summed E-state index contributed by atoms with van der Waals surface area (Å²) in [7, 11) is 0. The summed E-state index contributed by atoms with van der Waals surface area (Å²) in [5.41, 5.74) is 6.54. The number of rotatable bonds is 4. The van der Waals surface area contributed by atoms with Crippen LogP contribution in [0.4, 0.5) is 0 Å². The van der Waals surface area contributed by atoms with Gasteiger partial charge in [0.25, 0.3) is 0 Å². The van der Waals surface area contributed by atoms with Crippen molar-refractivity contribution in [3.05, 3.63) is 158 Å². The molecule has 3 aromatic heterocycles. The van der Waals surface area contributed by atoms with Gasteiger partial charge in [-0.1, -0.05) is 127 Å². The first-order valence-corrected chi connectivity index (χ1v) is 18.0. The predicted octanol–water partition coefficient (Wildman–Crippen LogP) is 12.5. The zero-order valence-electron chi connectivity index (χ0n) is 27.6. The molecule has 52 heavy (non-hydrogen) atoms. The van der Waals surface area contributed by atoms with Crippen LogP contribution < -0.4 is 0 Å². The van der Waals surface area contributed by atoms with Crippen LogP contribution in [0.2, 0.25) is 0 Å². The van der Waals surface area contributed by atoms with Gasteiger partial charge in [-0.3, -0.25) is 0 Å². The summed E-state index contributed by atoms with van der Waals surface area (Å²) in [5.74, 6) is 1.92. The van der Waals surface area contributed by atoms with Crippen molar-refractivity contribution in [1.82, 2.24) is 19.9 Å². The van der Waals surface area contributed by atoms with Crippen LogP contribution in [-0.4, -0.2) is 19.9 Å². The SMILES string of the molecule is c1ccc(-c2nc(-c3ccc4ccc5cc6oc7c(ccc8sc(-c9ccccc9)nc87)c6cc5c4c3)nc(-c3cccc4ccccc34)n2)cc1. The van der Waals surface area contributed by atoms with Crippen LogP contribution in [0.1, 0.15) is 0 Å². The normalized spacial score (nSPS) is 11.8. The van der Waals surface area contributed by atoms with Gasteiger partial charge in [0.15, 0.2) is 23.1 Å². The molecule has 3 heterocycles. The van der Waals surface area contributed by atoms with Crippen molar-refractivity contribution >= 4 is 75.8 Å². The Kier molecular flexibility index (Phi) is 6.35. The molecule has 0 bridgehead atoms. The summed E-state index contributed by atoms with van der Waals surface area (Å²) in [6.07, 6.45) is 0. The topological polar surface area (TPSA) is 64.7 Å². The third-order valence-electron chi connectivity index (χ3n) is 9.93. The van der Waals surface area contributed by atoms with E-state index in [1.54, 1.807) is 11.3 Å². The Balaban J connectivity index is 1.11. The highest BCUT2D eigenvalue weighted by Crippen LogP contribution is 2.41. The number of fused-ring (bicyclic) bond motifs is 9. The van der Waals surface area contributed by atoms with Crippen molar-refractivity contribution in [2.24, 2.45) is 0 Å². The molecule has 0 saturated heterocycles. The Morgan fingerprint density at radius 3 is 1.94 bits per heavy atom.